The lowest BCUT2D eigenvalue weighted by Crippen LogP contribution is -2.07. The lowest BCUT2D eigenvalue weighted by Gasteiger charge is -2.06. The van der Waals surface area contributed by atoms with Crippen LogP contribution in [-0.4, -0.2) is 11.5 Å². The predicted molar refractivity (Wildman–Crippen MR) is 88.3 cm³/mol. The van der Waals surface area contributed by atoms with Crippen molar-refractivity contribution in [2.45, 2.75) is 25.2 Å². The Morgan fingerprint density at radius 1 is 1.32 bits per heavy atom. The van der Waals surface area contributed by atoms with Crippen LogP contribution in [0.15, 0.2) is 34.5 Å². The molecule has 19 heavy (non-hydrogen) atoms. The fraction of sp³-hybridized carbons (Fsp3) is 0.357. The standard InChI is InChI=1S/C14H18N2S3/c1-10(2)7-8-15-19-12-5-3-11(4-6-12)13-9-18-14(17)16-13/h3-6,9-10,15H,7-8H2,1-2H3,(H,16,17). The van der Waals surface area contributed by atoms with E-state index in [1.807, 2.05) is 0 Å². The summed E-state index contributed by atoms with van der Waals surface area (Å²) in [5, 5.41) is 2.06. The van der Waals surface area contributed by atoms with Crippen LogP contribution < -0.4 is 4.72 Å². The predicted octanol–water partition coefficient (Wildman–Crippen LogP) is 5.12. The maximum Gasteiger partial charge on any atom is 0.158 e. The average Bonchev–Trinajstić information content (AvgIpc) is 2.82. The van der Waals surface area contributed by atoms with Crippen molar-refractivity contribution in [1.29, 1.82) is 0 Å². The average molecular weight is 311 g/mol. The molecule has 2 rings (SSSR count). The highest BCUT2D eigenvalue weighted by molar-refractivity contribution is 7.97. The number of hydrogen-bond acceptors (Lipinski definition) is 4. The zero-order valence-electron chi connectivity index (χ0n) is 11.1. The minimum atomic E-state index is 0.747. The summed E-state index contributed by atoms with van der Waals surface area (Å²) in [6.07, 6.45) is 1.20. The Balaban J connectivity index is 1.90. The Hall–Kier alpha value is -0.620. The van der Waals surface area contributed by atoms with E-state index in [0.29, 0.717) is 0 Å². The van der Waals surface area contributed by atoms with Crippen LogP contribution in [0.25, 0.3) is 11.3 Å². The second-order valence-corrected chi connectivity index (χ2v) is 7.28. The van der Waals surface area contributed by atoms with Crippen LogP contribution in [0.4, 0.5) is 0 Å². The Morgan fingerprint density at radius 2 is 2.05 bits per heavy atom. The van der Waals surface area contributed by atoms with Gasteiger partial charge in [-0.3, -0.25) is 4.72 Å². The van der Waals surface area contributed by atoms with E-state index >= 15 is 0 Å². The summed E-state index contributed by atoms with van der Waals surface area (Å²) in [6, 6.07) is 8.52. The van der Waals surface area contributed by atoms with Gasteiger partial charge in [0.25, 0.3) is 0 Å². The molecule has 0 fully saturated rings. The molecule has 5 heteroatoms. The normalized spacial score (nSPS) is 11.1. The molecule has 1 aromatic carbocycles. The molecule has 102 valence electrons. The molecule has 0 unspecified atom stereocenters. The molecule has 2 nitrogen and oxygen atoms in total. The van der Waals surface area contributed by atoms with Crippen molar-refractivity contribution >= 4 is 35.5 Å². The number of thiazole rings is 1. The molecule has 0 saturated heterocycles. The van der Waals surface area contributed by atoms with Gasteiger partial charge < -0.3 is 4.98 Å². The summed E-state index contributed by atoms with van der Waals surface area (Å²) in [5.41, 5.74) is 2.28. The van der Waals surface area contributed by atoms with E-state index in [2.05, 4.69) is 53.2 Å². The Bertz CT molecular complexity index is 555. The summed E-state index contributed by atoms with van der Waals surface area (Å²) < 4.78 is 4.21. The second kappa shape index (κ2) is 7.24. The first-order valence-electron chi connectivity index (χ1n) is 6.33. The van der Waals surface area contributed by atoms with Crippen LogP contribution in [0.2, 0.25) is 0 Å². The van der Waals surface area contributed by atoms with E-state index in [4.69, 9.17) is 12.2 Å². The van der Waals surface area contributed by atoms with E-state index < -0.39 is 0 Å². The van der Waals surface area contributed by atoms with E-state index in [9.17, 15) is 0 Å². The van der Waals surface area contributed by atoms with Gasteiger partial charge in [-0.25, -0.2) is 0 Å². The SMILES string of the molecule is CC(C)CCNSc1ccc(-c2csc(=S)[nH]2)cc1. The van der Waals surface area contributed by atoms with Crippen LogP contribution in [0.1, 0.15) is 20.3 Å². The van der Waals surface area contributed by atoms with Gasteiger partial charge >= 0.3 is 0 Å². The summed E-state index contributed by atoms with van der Waals surface area (Å²) in [5.74, 6) is 0.747. The molecule has 0 spiro atoms. The summed E-state index contributed by atoms with van der Waals surface area (Å²) in [4.78, 5) is 4.42. The molecule has 0 bridgehead atoms. The van der Waals surface area contributed by atoms with Crippen molar-refractivity contribution in [1.82, 2.24) is 9.71 Å². The quantitative estimate of drug-likeness (QED) is 0.441. The lowest BCUT2D eigenvalue weighted by molar-refractivity contribution is 0.585. The summed E-state index contributed by atoms with van der Waals surface area (Å²) in [6.45, 7) is 5.53. The van der Waals surface area contributed by atoms with Crippen molar-refractivity contribution < 1.29 is 0 Å². The fourth-order valence-corrected chi connectivity index (χ4v) is 3.11. The highest BCUT2D eigenvalue weighted by Crippen LogP contribution is 2.23. The molecule has 0 amide bonds. The van der Waals surface area contributed by atoms with Crippen LogP contribution in [0.3, 0.4) is 0 Å². The first-order chi connectivity index (χ1) is 9.15. The molecule has 0 aliphatic rings. The van der Waals surface area contributed by atoms with Gasteiger partial charge in [-0.05, 0) is 54.2 Å². The fourth-order valence-electron chi connectivity index (χ4n) is 1.61. The maximum atomic E-state index is 5.10. The smallest absolute Gasteiger partial charge is 0.158 e. The van der Waals surface area contributed by atoms with Crippen molar-refractivity contribution in [3.8, 4) is 11.3 Å². The number of H-pyrrole nitrogens is 1. The van der Waals surface area contributed by atoms with Crippen molar-refractivity contribution in [2.75, 3.05) is 6.54 Å². The van der Waals surface area contributed by atoms with Gasteiger partial charge in [-0.2, -0.15) is 0 Å². The molecule has 0 aliphatic heterocycles. The van der Waals surface area contributed by atoms with Crippen LogP contribution in [0.5, 0.6) is 0 Å². The molecule has 1 heterocycles. The Kier molecular flexibility index (Phi) is 5.63. The summed E-state index contributed by atoms with van der Waals surface area (Å²) >= 11 is 8.36. The van der Waals surface area contributed by atoms with Gasteiger partial charge in [0.15, 0.2) is 3.95 Å². The maximum absolute atomic E-state index is 5.10. The van der Waals surface area contributed by atoms with Gasteiger partial charge in [0.05, 0.1) is 5.69 Å². The molecule has 0 saturated carbocycles. The molecule has 2 N–H and O–H groups in total. The highest BCUT2D eigenvalue weighted by Gasteiger charge is 2.00. The second-order valence-electron chi connectivity index (χ2n) is 4.77. The van der Waals surface area contributed by atoms with E-state index in [-0.39, 0.29) is 0 Å². The first-order valence-corrected chi connectivity index (χ1v) is 8.43. The van der Waals surface area contributed by atoms with Gasteiger partial charge in [0.1, 0.15) is 0 Å². The molecule has 0 aliphatic carbocycles. The number of nitrogens with one attached hydrogen (secondary N) is 2. The third-order valence-corrected chi connectivity index (χ3v) is 4.62. The largest absolute Gasteiger partial charge is 0.337 e. The number of benzene rings is 1. The third kappa shape index (κ3) is 4.76. The minimum Gasteiger partial charge on any atom is -0.337 e. The van der Waals surface area contributed by atoms with Crippen molar-refractivity contribution in [3.05, 3.63) is 33.6 Å². The number of hydrogen-bond donors (Lipinski definition) is 2. The first kappa shape index (κ1) is 14.8. The van der Waals surface area contributed by atoms with Gasteiger partial charge in [-0.15, -0.1) is 11.3 Å². The van der Waals surface area contributed by atoms with Gasteiger partial charge in [0, 0.05) is 16.8 Å². The zero-order chi connectivity index (χ0) is 13.7. The highest BCUT2D eigenvalue weighted by atomic mass is 32.2. The van der Waals surface area contributed by atoms with Crippen LogP contribution in [0, 0.1) is 9.87 Å². The van der Waals surface area contributed by atoms with Crippen LogP contribution in [-0.2, 0) is 0 Å². The topological polar surface area (TPSA) is 27.8 Å². The monoisotopic (exact) mass is 310 g/mol. The molecule has 2 aromatic rings. The lowest BCUT2D eigenvalue weighted by atomic mass is 10.1. The molecular formula is C14H18N2S3. The van der Waals surface area contributed by atoms with Crippen molar-refractivity contribution in [3.63, 3.8) is 0 Å². The zero-order valence-corrected chi connectivity index (χ0v) is 13.6. The molecule has 1 aromatic heterocycles. The molecular weight excluding hydrogens is 292 g/mol. The number of aromatic amines is 1. The van der Waals surface area contributed by atoms with Gasteiger partial charge in [0.2, 0.25) is 0 Å². The van der Waals surface area contributed by atoms with Crippen LogP contribution >= 0.6 is 35.5 Å². The number of aromatic nitrogens is 1. The van der Waals surface area contributed by atoms with E-state index in [0.717, 1.165) is 22.1 Å². The Labute approximate surface area is 127 Å². The van der Waals surface area contributed by atoms with Crippen molar-refractivity contribution in [2.24, 2.45) is 5.92 Å². The minimum absolute atomic E-state index is 0.747. The third-order valence-electron chi connectivity index (χ3n) is 2.70. The van der Waals surface area contributed by atoms with Gasteiger partial charge in [-0.1, -0.05) is 26.0 Å². The molecule has 0 atom stereocenters. The van der Waals surface area contributed by atoms with E-state index in [1.54, 1.807) is 23.3 Å². The molecule has 0 radical (unpaired) electrons. The number of rotatable bonds is 6. The summed E-state index contributed by atoms with van der Waals surface area (Å²) in [7, 11) is 0. The van der Waals surface area contributed by atoms with E-state index in [1.165, 1.54) is 16.9 Å². The Morgan fingerprint density at radius 3 is 2.63 bits per heavy atom.